The maximum Gasteiger partial charge on any atom is 0.205 e. The first-order valence-corrected chi connectivity index (χ1v) is 7.49. The van der Waals surface area contributed by atoms with Crippen LogP contribution in [0, 0.1) is 5.41 Å². The molecule has 3 heteroatoms. The van der Waals surface area contributed by atoms with E-state index in [9.17, 15) is 4.79 Å². The third kappa shape index (κ3) is 2.27. The largest absolute Gasteiger partial charge is 0.453 e. The number of nitrogens with two attached hydrogens (primary N) is 1. The van der Waals surface area contributed by atoms with Crippen molar-refractivity contribution in [3.8, 4) is 0 Å². The van der Waals surface area contributed by atoms with Gasteiger partial charge in [-0.2, -0.15) is 0 Å². The molecule has 1 aliphatic rings. The monoisotopic (exact) mass is 271 g/mol. The van der Waals surface area contributed by atoms with Crippen LogP contribution < -0.4 is 5.73 Å². The number of hydrogen-bond donors (Lipinski definition) is 1. The predicted molar refractivity (Wildman–Crippen MR) is 79.7 cm³/mol. The number of para-hydroxylation sites is 1. The van der Waals surface area contributed by atoms with Crippen LogP contribution in [-0.2, 0) is 0 Å². The fraction of sp³-hybridized carbons (Fsp3) is 0.471. The van der Waals surface area contributed by atoms with Crippen LogP contribution in [0.15, 0.2) is 34.7 Å². The maximum atomic E-state index is 12.9. The zero-order chi connectivity index (χ0) is 14.0. The van der Waals surface area contributed by atoms with Gasteiger partial charge in [-0.1, -0.05) is 43.9 Å². The van der Waals surface area contributed by atoms with Gasteiger partial charge in [0.05, 0.1) is 0 Å². The first-order valence-electron chi connectivity index (χ1n) is 7.49. The predicted octanol–water partition coefficient (Wildman–Crippen LogP) is 3.91. The summed E-state index contributed by atoms with van der Waals surface area (Å²) in [5.41, 5.74) is 6.34. The van der Waals surface area contributed by atoms with Crippen molar-refractivity contribution in [3.63, 3.8) is 0 Å². The molecule has 0 bridgehead atoms. The van der Waals surface area contributed by atoms with Gasteiger partial charge in [-0.25, -0.2) is 0 Å². The molecule has 0 spiro atoms. The van der Waals surface area contributed by atoms with E-state index in [1.165, 1.54) is 12.8 Å². The summed E-state index contributed by atoms with van der Waals surface area (Å²) >= 11 is 0. The third-order valence-electron chi connectivity index (χ3n) is 4.58. The van der Waals surface area contributed by atoms with Gasteiger partial charge >= 0.3 is 0 Å². The van der Waals surface area contributed by atoms with Gasteiger partial charge < -0.3 is 10.2 Å². The first kappa shape index (κ1) is 13.4. The minimum Gasteiger partial charge on any atom is -0.453 e. The number of rotatable bonds is 3. The molecule has 0 radical (unpaired) electrons. The first-order chi connectivity index (χ1) is 9.75. The Morgan fingerprint density at radius 1 is 1.15 bits per heavy atom. The highest BCUT2D eigenvalue weighted by Gasteiger charge is 2.39. The molecule has 106 valence electrons. The number of Topliss-reactive ketones (excluding diaryl/α,β-unsaturated/α-hetero) is 1. The van der Waals surface area contributed by atoms with E-state index in [0.717, 1.165) is 36.7 Å². The van der Waals surface area contributed by atoms with Crippen LogP contribution in [0.3, 0.4) is 0 Å². The van der Waals surface area contributed by atoms with E-state index in [4.69, 9.17) is 10.2 Å². The summed E-state index contributed by atoms with van der Waals surface area (Å²) < 4.78 is 5.75. The fourth-order valence-electron chi connectivity index (χ4n) is 3.28. The Bertz CT molecular complexity index is 573. The van der Waals surface area contributed by atoms with Gasteiger partial charge in [-0.3, -0.25) is 4.79 Å². The summed E-state index contributed by atoms with van der Waals surface area (Å²) in [6.45, 7) is 0.420. The highest BCUT2D eigenvalue weighted by molar-refractivity contribution is 6.01. The summed E-state index contributed by atoms with van der Waals surface area (Å²) in [4.78, 5) is 12.9. The minimum atomic E-state index is -0.412. The highest BCUT2D eigenvalue weighted by Crippen LogP contribution is 2.38. The zero-order valence-electron chi connectivity index (χ0n) is 11.7. The van der Waals surface area contributed by atoms with Gasteiger partial charge in [0.2, 0.25) is 5.78 Å². The summed E-state index contributed by atoms with van der Waals surface area (Å²) in [7, 11) is 0. The Kier molecular flexibility index (Phi) is 3.62. The number of carbonyl (C=O) groups excluding carboxylic acids is 1. The molecule has 0 saturated heterocycles. The summed E-state index contributed by atoms with van der Waals surface area (Å²) in [6.07, 6.45) is 6.36. The Morgan fingerprint density at radius 2 is 1.85 bits per heavy atom. The molecule has 20 heavy (non-hydrogen) atoms. The molecule has 0 aliphatic heterocycles. The van der Waals surface area contributed by atoms with Gasteiger partial charge in [0, 0.05) is 17.3 Å². The van der Waals surface area contributed by atoms with Crippen molar-refractivity contribution in [2.75, 3.05) is 6.54 Å². The molecule has 3 rings (SSSR count). The third-order valence-corrected chi connectivity index (χ3v) is 4.58. The van der Waals surface area contributed by atoms with Crippen molar-refractivity contribution in [2.24, 2.45) is 11.1 Å². The number of furan rings is 1. The zero-order valence-corrected chi connectivity index (χ0v) is 11.7. The Balaban J connectivity index is 1.96. The summed E-state index contributed by atoms with van der Waals surface area (Å²) in [6, 6.07) is 9.60. The van der Waals surface area contributed by atoms with Crippen LogP contribution in [0.1, 0.15) is 49.1 Å². The molecule has 1 heterocycles. The molecule has 1 aromatic heterocycles. The average molecular weight is 271 g/mol. The Morgan fingerprint density at radius 3 is 2.50 bits per heavy atom. The molecule has 0 amide bonds. The standard InChI is InChI=1S/C17H21NO2/c18-12-17(9-5-1-2-6-10-17)16(19)15-11-13-7-3-4-8-14(13)20-15/h3-4,7-8,11H,1-2,5-6,9-10,12,18H2. The van der Waals surface area contributed by atoms with Crippen LogP contribution in [0.5, 0.6) is 0 Å². The molecule has 0 unspecified atom stereocenters. The molecule has 2 aromatic rings. The smallest absolute Gasteiger partial charge is 0.205 e. The van der Waals surface area contributed by atoms with Crippen molar-refractivity contribution in [3.05, 3.63) is 36.1 Å². The normalized spacial score (nSPS) is 18.9. The van der Waals surface area contributed by atoms with Gasteiger partial charge in [0.1, 0.15) is 5.58 Å². The van der Waals surface area contributed by atoms with E-state index in [2.05, 4.69) is 0 Å². The van der Waals surface area contributed by atoms with E-state index in [0.29, 0.717) is 12.3 Å². The number of carbonyl (C=O) groups is 1. The number of fused-ring (bicyclic) bond motifs is 1. The second-order valence-corrected chi connectivity index (χ2v) is 5.88. The lowest BCUT2D eigenvalue weighted by atomic mass is 9.75. The van der Waals surface area contributed by atoms with Crippen LogP contribution in [0.2, 0.25) is 0 Å². The molecule has 3 nitrogen and oxygen atoms in total. The fourth-order valence-corrected chi connectivity index (χ4v) is 3.28. The maximum absolute atomic E-state index is 12.9. The van der Waals surface area contributed by atoms with E-state index < -0.39 is 5.41 Å². The van der Waals surface area contributed by atoms with E-state index in [1.807, 2.05) is 30.3 Å². The topological polar surface area (TPSA) is 56.2 Å². The Labute approximate surface area is 119 Å². The number of hydrogen-bond acceptors (Lipinski definition) is 3. The summed E-state index contributed by atoms with van der Waals surface area (Å²) in [5.74, 6) is 0.566. The number of benzene rings is 1. The summed E-state index contributed by atoms with van der Waals surface area (Å²) in [5, 5.41) is 0.983. The average Bonchev–Trinajstić information content (AvgIpc) is 2.76. The van der Waals surface area contributed by atoms with E-state index in [-0.39, 0.29) is 5.78 Å². The van der Waals surface area contributed by atoms with E-state index >= 15 is 0 Å². The number of ketones is 1. The van der Waals surface area contributed by atoms with Crippen molar-refractivity contribution in [1.29, 1.82) is 0 Å². The lowest BCUT2D eigenvalue weighted by molar-refractivity contribution is 0.0745. The second kappa shape index (κ2) is 5.41. The van der Waals surface area contributed by atoms with Gasteiger partial charge in [0.15, 0.2) is 5.76 Å². The van der Waals surface area contributed by atoms with Crippen molar-refractivity contribution in [1.82, 2.24) is 0 Å². The van der Waals surface area contributed by atoms with E-state index in [1.54, 1.807) is 0 Å². The van der Waals surface area contributed by atoms with Crippen molar-refractivity contribution < 1.29 is 9.21 Å². The molecule has 0 atom stereocenters. The molecule has 1 aliphatic carbocycles. The SMILES string of the molecule is NCC1(C(=O)c2cc3ccccc3o2)CCCCCC1. The Hall–Kier alpha value is -1.61. The van der Waals surface area contributed by atoms with Crippen LogP contribution in [-0.4, -0.2) is 12.3 Å². The molecular formula is C17H21NO2. The molecule has 1 fully saturated rings. The van der Waals surface area contributed by atoms with Crippen LogP contribution in [0.4, 0.5) is 0 Å². The second-order valence-electron chi connectivity index (χ2n) is 5.88. The molecule has 2 N–H and O–H groups in total. The van der Waals surface area contributed by atoms with Crippen LogP contribution >= 0.6 is 0 Å². The highest BCUT2D eigenvalue weighted by atomic mass is 16.3. The lowest BCUT2D eigenvalue weighted by Crippen LogP contribution is -2.38. The molecule has 1 aromatic carbocycles. The quantitative estimate of drug-likeness (QED) is 0.680. The van der Waals surface area contributed by atoms with Crippen LogP contribution in [0.25, 0.3) is 11.0 Å². The van der Waals surface area contributed by atoms with Gasteiger partial charge in [-0.15, -0.1) is 0 Å². The molecule has 1 saturated carbocycles. The lowest BCUT2D eigenvalue weighted by Gasteiger charge is -2.28. The molecular weight excluding hydrogens is 250 g/mol. The van der Waals surface area contributed by atoms with Gasteiger partial charge in [0.25, 0.3) is 0 Å². The van der Waals surface area contributed by atoms with Gasteiger partial charge in [-0.05, 0) is 25.0 Å². The minimum absolute atomic E-state index is 0.0955. The van der Waals surface area contributed by atoms with Crippen molar-refractivity contribution in [2.45, 2.75) is 38.5 Å². The van der Waals surface area contributed by atoms with Crippen molar-refractivity contribution >= 4 is 16.8 Å².